The number of rotatable bonds is 7. The van der Waals surface area contributed by atoms with Crippen molar-refractivity contribution >= 4 is 24.2 Å². The second-order valence-corrected chi connectivity index (χ2v) is 7.94. The number of hydrogen-bond donors (Lipinski definition) is 2. The highest BCUT2D eigenvalue weighted by Gasteiger charge is 2.24. The third-order valence-electron chi connectivity index (χ3n) is 5.99. The van der Waals surface area contributed by atoms with E-state index in [-0.39, 0.29) is 30.3 Å². The number of likely N-dealkylation sites (tertiary alicyclic amines) is 1. The van der Waals surface area contributed by atoms with Crippen molar-refractivity contribution in [3.8, 4) is 5.75 Å². The van der Waals surface area contributed by atoms with E-state index in [9.17, 15) is 9.59 Å². The van der Waals surface area contributed by atoms with Gasteiger partial charge in [-0.15, -0.1) is 12.4 Å². The molecule has 0 saturated carbocycles. The Morgan fingerprint density at radius 3 is 2.52 bits per heavy atom. The molecule has 1 aromatic carbocycles. The van der Waals surface area contributed by atoms with Gasteiger partial charge in [-0.05, 0) is 57.2 Å². The summed E-state index contributed by atoms with van der Waals surface area (Å²) in [6, 6.07) is 7.85. The molecule has 2 fully saturated rings. The first-order chi connectivity index (χ1) is 13.7. The molecule has 0 atom stereocenters. The highest BCUT2D eigenvalue weighted by atomic mass is 35.5. The van der Waals surface area contributed by atoms with Crippen LogP contribution >= 0.6 is 12.4 Å². The van der Waals surface area contributed by atoms with Gasteiger partial charge in [-0.3, -0.25) is 9.59 Å². The largest absolute Gasteiger partial charge is 0.496 e. The molecule has 2 amide bonds. The van der Waals surface area contributed by atoms with Gasteiger partial charge in [0.05, 0.1) is 13.5 Å². The van der Waals surface area contributed by atoms with E-state index >= 15 is 0 Å². The van der Waals surface area contributed by atoms with E-state index in [1.54, 1.807) is 7.11 Å². The van der Waals surface area contributed by atoms with Crippen LogP contribution in [0.15, 0.2) is 24.3 Å². The average Bonchev–Trinajstić information content (AvgIpc) is 2.74. The summed E-state index contributed by atoms with van der Waals surface area (Å²) in [5, 5.41) is 6.54. The molecule has 2 heterocycles. The Balaban J connectivity index is 0.00000300. The lowest BCUT2D eigenvalue weighted by molar-refractivity contribution is -0.131. The molecule has 2 aliphatic rings. The van der Waals surface area contributed by atoms with Crippen molar-refractivity contribution in [2.24, 2.45) is 5.92 Å². The fraction of sp³-hybridized carbons (Fsp3) is 0.636. The first-order valence-electron chi connectivity index (χ1n) is 10.6. The van der Waals surface area contributed by atoms with Crippen LogP contribution in [0.25, 0.3) is 0 Å². The van der Waals surface area contributed by atoms with Crippen molar-refractivity contribution in [3.05, 3.63) is 29.8 Å². The van der Waals surface area contributed by atoms with E-state index < -0.39 is 0 Å². The van der Waals surface area contributed by atoms with E-state index in [1.165, 1.54) is 12.8 Å². The number of halogens is 1. The minimum Gasteiger partial charge on any atom is -0.496 e. The maximum absolute atomic E-state index is 12.6. The zero-order valence-corrected chi connectivity index (χ0v) is 18.1. The van der Waals surface area contributed by atoms with Gasteiger partial charge in [-0.25, -0.2) is 0 Å². The van der Waals surface area contributed by atoms with Crippen molar-refractivity contribution in [1.82, 2.24) is 15.5 Å². The van der Waals surface area contributed by atoms with Gasteiger partial charge in [0.1, 0.15) is 5.75 Å². The standard InChI is InChI=1S/C22H33N3O3.ClH/c1-28-20-5-3-2-4-18(20)16-22(27)25-14-10-19(11-15-25)24-21(26)7-6-17-8-12-23-13-9-17;/h2-5,17,19,23H,6-16H2,1H3,(H,24,26);1H. The quantitative estimate of drug-likeness (QED) is 0.707. The predicted molar refractivity (Wildman–Crippen MR) is 117 cm³/mol. The summed E-state index contributed by atoms with van der Waals surface area (Å²) < 4.78 is 5.34. The molecule has 6 nitrogen and oxygen atoms in total. The van der Waals surface area contributed by atoms with Gasteiger partial charge in [-0.2, -0.15) is 0 Å². The fourth-order valence-electron chi connectivity index (χ4n) is 4.20. The van der Waals surface area contributed by atoms with E-state index in [0.29, 0.717) is 31.8 Å². The molecule has 29 heavy (non-hydrogen) atoms. The molecular weight excluding hydrogens is 390 g/mol. The summed E-state index contributed by atoms with van der Waals surface area (Å²) >= 11 is 0. The van der Waals surface area contributed by atoms with Crippen molar-refractivity contribution in [2.75, 3.05) is 33.3 Å². The zero-order valence-electron chi connectivity index (χ0n) is 17.3. The summed E-state index contributed by atoms with van der Waals surface area (Å²) in [7, 11) is 1.63. The molecule has 0 bridgehead atoms. The van der Waals surface area contributed by atoms with E-state index in [4.69, 9.17) is 4.74 Å². The van der Waals surface area contributed by atoms with Crippen LogP contribution < -0.4 is 15.4 Å². The van der Waals surface area contributed by atoms with Crippen LogP contribution in [0.3, 0.4) is 0 Å². The Labute approximate surface area is 180 Å². The normalized spacial score (nSPS) is 18.0. The maximum atomic E-state index is 12.6. The maximum Gasteiger partial charge on any atom is 0.227 e. The number of methoxy groups -OCH3 is 1. The van der Waals surface area contributed by atoms with E-state index in [0.717, 1.165) is 43.7 Å². The molecule has 0 unspecified atom stereocenters. The molecule has 2 N–H and O–H groups in total. The monoisotopic (exact) mass is 423 g/mol. The lowest BCUT2D eigenvalue weighted by Crippen LogP contribution is -2.47. The lowest BCUT2D eigenvalue weighted by atomic mass is 9.93. The Kier molecular flexibility index (Phi) is 9.74. The van der Waals surface area contributed by atoms with Crippen molar-refractivity contribution in [1.29, 1.82) is 0 Å². The molecule has 0 aromatic heterocycles. The van der Waals surface area contributed by atoms with Gasteiger partial charge in [0.15, 0.2) is 0 Å². The molecular formula is C22H34ClN3O3. The van der Waals surface area contributed by atoms with Crippen LogP contribution in [-0.2, 0) is 16.0 Å². The molecule has 2 saturated heterocycles. The van der Waals surface area contributed by atoms with Gasteiger partial charge < -0.3 is 20.3 Å². The number of benzene rings is 1. The molecule has 0 spiro atoms. The smallest absolute Gasteiger partial charge is 0.227 e. The van der Waals surface area contributed by atoms with Crippen LogP contribution in [0.2, 0.25) is 0 Å². The van der Waals surface area contributed by atoms with Crippen molar-refractivity contribution < 1.29 is 14.3 Å². The Hall–Kier alpha value is -1.79. The minimum atomic E-state index is 0. The van der Waals surface area contributed by atoms with Crippen molar-refractivity contribution in [2.45, 2.75) is 51.0 Å². The number of amides is 2. The first-order valence-corrected chi connectivity index (χ1v) is 10.6. The van der Waals surface area contributed by atoms with Crippen LogP contribution in [0.5, 0.6) is 5.75 Å². The molecule has 2 aliphatic heterocycles. The number of piperidine rings is 2. The SMILES string of the molecule is COc1ccccc1CC(=O)N1CCC(NC(=O)CCC2CCNCC2)CC1.Cl. The fourth-order valence-corrected chi connectivity index (χ4v) is 4.20. The second kappa shape index (κ2) is 12.0. The molecule has 0 radical (unpaired) electrons. The second-order valence-electron chi connectivity index (χ2n) is 7.94. The third kappa shape index (κ3) is 7.19. The Morgan fingerprint density at radius 2 is 1.83 bits per heavy atom. The van der Waals surface area contributed by atoms with E-state index in [2.05, 4.69) is 10.6 Å². The summed E-state index contributed by atoms with van der Waals surface area (Å²) in [5.41, 5.74) is 0.920. The predicted octanol–water partition coefficient (Wildman–Crippen LogP) is 2.55. The lowest BCUT2D eigenvalue weighted by Gasteiger charge is -2.32. The van der Waals surface area contributed by atoms with Gasteiger partial charge in [-0.1, -0.05) is 18.2 Å². The molecule has 0 aliphatic carbocycles. The van der Waals surface area contributed by atoms with Crippen LogP contribution in [0, 0.1) is 5.92 Å². The minimum absolute atomic E-state index is 0. The van der Waals surface area contributed by atoms with Gasteiger partial charge in [0, 0.05) is 31.1 Å². The van der Waals surface area contributed by atoms with Gasteiger partial charge in [0.25, 0.3) is 0 Å². The topological polar surface area (TPSA) is 70.7 Å². The van der Waals surface area contributed by atoms with Gasteiger partial charge in [0.2, 0.25) is 11.8 Å². The Bertz CT molecular complexity index is 656. The molecule has 7 heteroatoms. The number of hydrogen-bond acceptors (Lipinski definition) is 4. The number of nitrogens with zero attached hydrogens (tertiary/aromatic N) is 1. The molecule has 3 rings (SSSR count). The number of carbonyl (C=O) groups excluding carboxylic acids is 2. The van der Waals surface area contributed by atoms with Crippen LogP contribution in [-0.4, -0.2) is 56.0 Å². The Morgan fingerprint density at radius 1 is 1.14 bits per heavy atom. The highest BCUT2D eigenvalue weighted by Crippen LogP contribution is 2.20. The molecule has 162 valence electrons. The van der Waals surface area contributed by atoms with Crippen molar-refractivity contribution in [3.63, 3.8) is 0 Å². The molecule has 1 aromatic rings. The highest BCUT2D eigenvalue weighted by molar-refractivity contribution is 5.85. The van der Waals surface area contributed by atoms with E-state index in [1.807, 2.05) is 29.2 Å². The number of nitrogens with one attached hydrogen (secondary N) is 2. The van der Waals surface area contributed by atoms with Crippen LogP contribution in [0.1, 0.15) is 44.1 Å². The number of ether oxygens (including phenoxy) is 1. The summed E-state index contributed by atoms with van der Waals surface area (Å²) in [5.74, 6) is 1.73. The average molecular weight is 424 g/mol. The zero-order chi connectivity index (χ0) is 19.8. The third-order valence-corrected chi connectivity index (χ3v) is 5.99. The summed E-state index contributed by atoms with van der Waals surface area (Å²) in [4.78, 5) is 26.8. The number of carbonyl (C=O) groups is 2. The van der Waals surface area contributed by atoms with Crippen LogP contribution in [0.4, 0.5) is 0 Å². The number of para-hydroxylation sites is 1. The summed E-state index contributed by atoms with van der Waals surface area (Å²) in [6.45, 7) is 3.56. The first kappa shape index (κ1) is 23.5. The van der Waals surface area contributed by atoms with Gasteiger partial charge >= 0.3 is 0 Å². The summed E-state index contributed by atoms with van der Waals surface area (Å²) in [6.07, 6.45) is 5.99.